The molecule has 0 bridgehead atoms. The molecule has 1 aliphatic rings. The van der Waals surface area contributed by atoms with Crippen LogP contribution in [0.3, 0.4) is 0 Å². The zero-order valence-corrected chi connectivity index (χ0v) is 18.0. The lowest BCUT2D eigenvalue weighted by molar-refractivity contribution is -0.120. The molecule has 0 saturated heterocycles. The van der Waals surface area contributed by atoms with Crippen molar-refractivity contribution >= 4 is 22.5 Å². The van der Waals surface area contributed by atoms with Crippen molar-refractivity contribution in [1.82, 2.24) is 4.98 Å². The number of benzene rings is 3. The van der Waals surface area contributed by atoms with Gasteiger partial charge in [-0.2, -0.15) is 0 Å². The Kier molecular flexibility index (Phi) is 5.23. The van der Waals surface area contributed by atoms with Gasteiger partial charge in [-0.15, -0.1) is 0 Å². The Labute approximate surface area is 187 Å². The van der Waals surface area contributed by atoms with E-state index in [1.165, 1.54) is 5.56 Å². The third kappa shape index (κ3) is 3.46. The van der Waals surface area contributed by atoms with Crippen LogP contribution >= 0.6 is 0 Å². The molecule has 0 saturated carbocycles. The lowest BCUT2D eigenvalue weighted by atomic mass is 9.84. The van der Waals surface area contributed by atoms with Gasteiger partial charge in [0.1, 0.15) is 11.5 Å². The number of para-hydroxylation sites is 1. The number of hydrogen-bond donors (Lipinski definition) is 1. The molecule has 1 amide bonds. The maximum Gasteiger partial charge on any atom is 0.228 e. The number of carbonyl (C=O) groups is 1. The standard InChI is InChI=1S/C27H24N2O3/c1-31-19-12-13-21(24(16-19)32-2)25-20-10-4-3-7-18(20)15-22(25)27(30)29-23-11-5-8-17-9-6-14-28-26(17)23/h3-14,16,22,25H,15H2,1-2H3,(H,29,30)/t22-,25-/m1/s1. The molecular weight excluding hydrogens is 400 g/mol. The minimum Gasteiger partial charge on any atom is -0.497 e. The highest BCUT2D eigenvalue weighted by Crippen LogP contribution is 2.46. The predicted octanol–water partition coefficient (Wildman–Crippen LogP) is 5.19. The van der Waals surface area contributed by atoms with Crippen LogP contribution in [0.5, 0.6) is 11.5 Å². The van der Waals surface area contributed by atoms with E-state index in [4.69, 9.17) is 9.47 Å². The fraction of sp³-hybridized carbons (Fsp3) is 0.185. The molecule has 5 heteroatoms. The lowest BCUT2D eigenvalue weighted by Crippen LogP contribution is -2.27. The molecule has 0 radical (unpaired) electrons. The second-order valence-corrected chi connectivity index (χ2v) is 7.96. The number of hydrogen-bond acceptors (Lipinski definition) is 4. The summed E-state index contributed by atoms with van der Waals surface area (Å²) >= 11 is 0. The van der Waals surface area contributed by atoms with Crippen molar-refractivity contribution in [3.05, 3.63) is 95.7 Å². The van der Waals surface area contributed by atoms with Gasteiger partial charge < -0.3 is 14.8 Å². The van der Waals surface area contributed by atoms with Crippen molar-refractivity contribution in [2.75, 3.05) is 19.5 Å². The molecule has 160 valence electrons. The summed E-state index contributed by atoms with van der Waals surface area (Å²) in [5.74, 6) is 1.03. The summed E-state index contributed by atoms with van der Waals surface area (Å²) in [5.41, 5.74) is 4.84. The Morgan fingerprint density at radius 2 is 1.78 bits per heavy atom. The maximum absolute atomic E-state index is 13.6. The Bertz CT molecular complexity index is 1300. The number of nitrogens with zero attached hydrogens (tertiary/aromatic N) is 1. The Morgan fingerprint density at radius 3 is 2.62 bits per heavy atom. The average Bonchev–Trinajstić information content (AvgIpc) is 3.23. The zero-order chi connectivity index (χ0) is 22.1. The normalized spacial score (nSPS) is 17.1. The molecule has 0 aliphatic heterocycles. The van der Waals surface area contributed by atoms with Crippen molar-refractivity contribution in [3.63, 3.8) is 0 Å². The van der Waals surface area contributed by atoms with Gasteiger partial charge in [-0.05, 0) is 35.7 Å². The Morgan fingerprint density at radius 1 is 0.938 bits per heavy atom. The van der Waals surface area contributed by atoms with Crippen LogP contribution in [-0.2, 0) is 11.2 Å². The van der Waals surface area contributed by atoms with Crippen LogP contribution in [0.4, 0.5) is 5.69 Å². The smallest absolute Gasteiger partial charge is 0.228 e. The van der Waals surface area contributed by atoms with Crippen LogP contribution in [0.1, 0.15) is 22.6 Å². The Balaban J connectivity index is 1.55. The van der Waals surface area contributed by atoms with Crippen molar-refractivity contribution in [2.45, 2.75) is 12.3 Å². The fourth-order valence-electron chi connectivity index (χ4n) is 4.73. The van der Waals surface area contributed by atoms with Gasteiger partial charge in [-0.3, -0.25) is 9.78 Å². The summed E-state index contributed by atoms with van der Waals surface area (Å²) in [5, 5.41) is 4.15. The molecule has 3 aromatic carbocycles. The third-order valence-electron chi connectivity index (χ3n) is 6.24. The van der Waals surface area contributed by atoms with Crippen LogP contribution in [-0.4, -0.2) is 25.1 Å². The number of amides is 1. The van der Waals surface area contributed by atoms with Crippen molar-refractivity contribution in [3.8, 4) is 11.5 Å². The first-order valence-corrected chi connectivity index (χ1v) is 10.6. The summed E-state index contributed by atoms with van der Waals surface area (Å²) in [6.07, 6.45) is 2.41. The number of methoxy groups -OCH3 is 2. The van der Waals surface area contributed by atoms with Crippen LogP contribution in [0.25, 0.3) is 10.9 Å². The van der Waals surface area contributed by atoms with Gasteiger partial charge >= 0.3 is 0 Å². The summed E-state index contributed by atoms with van der Waals surface area (Å²) in [6.45, 7) is 0. The monoisotopic (exact) mass is 424 g/mol. The molecule has 1 N–H and O–H groups in total. The number of ether oxygens (including phenoxy) is 2. The lowest BCUT2D eigenvalue weighted by Gasteiger charge is -2.23. The molecule has 1 aromatic heterocycles. The van der Waals surface area contributed by atoms with E-state index in [0.29, 0.717) is 6.42 Å². The van der Waals surface area contributed by atoms with Crippen LogP contribution < -0.4 is 14.8 Å². The molecule has 4 aromatic rings. The summed E-state index contributed by atoms with van der Waals surface area (Å²) in [4.78, 5) is 18.1. The first-order chi connectivity index (χ1) is 15.7. The van der Waals surface area contributed by atoms with E-state index in [1.807, 2.05) is 60.7 Å². The number of rotatable bonds is 5. The maximum atomic E-state index is 13.6. The van der Waals surface area contributed by atoms with Crippen molar-refractivity contribution in [1.29, 1.82) is 0 Å². The third-order valence-corrected chi connectivity index (χ3v) is 6.24. The van der Waals surface area contributed by atoms with E-state index >= 15 is 0 Å². The van der Waals surface area contributed by atoms with E-state index in [-0.39, 0.29) is 17.7 Å². The number of nitrogens with one attached hydrogen (secondary N) is 1. The Hall–Kier alpha value is -3.86. The fourth-order valence-corrected chi connectivity index (χ4v) is 4.73. The van der Waals surface area contributed by atoms with Crippen molar-refractivity contribution < 1.29 is 14.3 Å². The second-order valence-electron chi connectivity index (χ2n) is 7.96. The van der Waals surface area contributed by atoms with Gasteiger partial charge in [0.25, 0.3) is 0 Å². The molecule has 1 aliphatic carbocycles. The van der Waals surface area contributed by atoms with Gasteiger partial charge in [-0.25, -0.2) is 0 Å². The summed E-state index contributed by atoms with van der Waals surface area (Å²) in [6, 6.07) is 23.8. The molecule has 0 spiro atoms. The predicted molar refractivity (Wildman–Crippen MR) is 125 cm³/mol. The zero-order valence-electron chi connectivity index (χ0n) is 18.0. The number of pyridine rings is 1. The molecule has 5 nitrogen and oxygen atoms in total. The van der Waals surface area contributed by atoms with Crippen molar-refractivity contribution in [2.24, 2.45) is 5.92 Å². The van der Waals surface area contributed by atoms with Gasteiger partial charge in [0.2, 0.25) is 5.91 Å². The van der Waals surface area contributed by atoms with E-state index in [2.05, 4.69) is 22.4 Å². The summed E-state index contributed by atoms with van der Waals surface area (Å²) in [7, 11) is 3.28. The van der Waals surface area contributed by atoms with Gasteiger partial charge in [-0.1, -0.05) is 48.5 Å². The summed E-state index contributed by atoms with van der Waals surface area (Å²) < 4.78 is 11.1. The van der Waals surface area contributed by atoms with E-state index in [0.717, 1.165) is 39.2 Å². The van der Waals surface area contributed by atoms with E-state index in [9.17, 15) is 4.79 Å². The number of aromatic nitrogens is 1. The highest BCUT2D eigenvalue weighted by atomic mass is 16.5. The van der Waals surface area contributed by atoms with Crippen LogP contribution in [0.15, 0.2) is 79.0 Å². The molecule has 1 heterocycles. The van der Waals surface area contributed by atoms with Gasteiger partial charge in [0.15, 0.2) is 0 Å². The quantitative estimate of drug-likeness (QED) is 0.479. The minimum absolute atomic E-state index is 0.0257. The van der Waals surface area contributed by atoms with Crippen LogP contribution in [0, 0.1) is 5.92 Å². The first kappa shape index (κ1) is 20.1. The minimum atomic E-state index is -0.270. The first-order valence-electron chi connectivity index (χ1n) is 10.6. The van der Waals surface area contributed by atoms with Gasteiger partial charge in [0.05, 0.1) is 31.3 Å². The van der Waals surface area contributed by atoms with E-state index in [1.54, 1.807) is 20.4 Å². The SMILES string of the molecule is COc1ccc([C@H]2c3ccccc3C[C@H]2C(=O)Nc2cccc3cccnc23)c(OC)c1. The number of fused-ring (bicyclic) bond motifs is 2. The van der Waals surface area contributed by atoms with E-state index < -0.39 is 0 Å². The van der Waals surface area contributed by atoms with Crippen LogP contribution in [0.2, 0.25) is 0 Å². The second kappa shape index (κ2) is 8.35. The topological polar surface area (TPSA) is 60.5 Å². The molecule has 0 unspecified atom stereocenters. The largest absolute Gasteiger partial charge is 0.497 e. The molecule has 0 fully saturated rings. The average molecular weight is 425 g/mol. The highest BCUT2D eigenvalue weighted by molar-refractivity contribution is 6.02. The molecule has 32 heavy (non-hydrogen) atoms. The number of anilines is 1. The number of carbonyl (C=O) groups excluding carboxylic acids is 1. The molecule has 5 rings (SSSR count). The highest BCUT2D eigenvalue weighted by Gasteiger charge is 2.39. The molecule has 2 atom stereocenters. The van der Waals surface area contributed by atoms with Gasteiger partial charge in [0, 0.05) is 29.1 Å². The molecular formula is C27H24N2O3.